The number of hydrogen-bond donors (Lipinski definition) is 1. The van der Waals surface area contributed by atoms with E-state index in [-0.39, 0.29) is 17.7 Å². The van der Waals surface area contributed by atoms with E-state index in [4.69, 9.17) is 8.92 Å². The van der Waals surface area contributed by atoms with Gasteiger partial charge in [0.25, 0.3) is 10.1 Å². The van der Waals surface area contributed by atoms with Crippen LogP contribution in [0.25, 0.3) is 0 Å². The highest BCUT2D eigenvalue weighted by molar-refractivity contribution is 7.86. The molecule has 3 atom stereocenters. The maximum absolute atomic E-state index is 11.8. The Kier molecular flexibility index (Phi) is 7.38. The molecule has 0 radical (unpaired) electrons. The molecular weight excluding hydrogens is 422 g/mol. The molecule has 0 saturated heterocycles. The fourth-order valence-electron chi connectivity index (χ4n) is 4.78. The van der Waals surface area contributed by atoms with Gasteiger partial charge in [0.05, 0.1) is 12.4 Å². The summed E-state index contributed by atoms with van der Waals surface area (Å²) in [6.07, 6.45) is 3.29. The van der Waals surface area contributed by atoms with Gasteiger partial charge in [-0.3, -0.25) is 4.18 Å². The topological polar surface area (TPSA) is 64.6 Å². The van der Waals surface area contributed by atoms with E-state index >= 15 is 0 Å². The number of rotatable bonds is 7. The summed E-state index contributed by atoms with van der Waals surface area (Å²) in [6, 6.07) is 12.5. The quantitative estimate of drug-likeness (QED) is 0.557. The maximum Gasteiger partial charge on any atom is 0.264 e. The number of nitrogens with one attached hydrogen (secondary N) is 1. The Bertz CT molecular complexity index is 1020. The highest BCUT2D eigenvalue weighted by Crippen LogP contribution is 2.34. The van der Waals surface area contributed by atoms with Gasteiger partial charge in [0.15, 0.2) is 0 Å². The van der Waals surface area contributed by atoms with E-state index in [9.17, 15) is 8.42 Å². The van der Waals surface area contributed by atoms with Gasteiger partial charge in [0, 0.05) is 11.6 Å². The predicted octanol–water partition coefficient (Wildman–Crippen LogP) is 5.46. The first-order chi connectivity index (χ1) is 14.8. The lowest BCUT2D eigenvalue weighted by molar-refractivity contribution is 0.165. The van der Waals surface area contributed by atoms with Gasteiger partial charge in [-0.2, -0.15) is 8.42 Å². The number of aryl methyl sites for hydroxylation is 3. The van der Waals surface area contributed by atoms with Crippen LogP contribution in [0, 0.1) is 26.7 Å². The van der Waals surface area contributed by atoms with Gasteiger partial charge in [-0.15, -0.1) is 0 Å². The van der Waals surface area contributed by atoms with E-state index in [1.807, 2.05) is 12.1 Å². The Labute approximate surface area is 193 Å². The monoisotopic (exact) mass is 459 g/mol. The summed E-state index contributed by atoms with van der Waals surface area (Å²) in [7, 11) is -3.49. The van der Waals surface area contributed by atoms with Crippen LogP contribution in [-0.4, -0.2) is 32.4 Å². The smallest absolute Gasteiger partial charge is 0.264 e. The summed E-state index contributed by atoms with van der Waals surface area (Å²) in [6.45, 7) is 12.5. The third-order valence-electron chi connectivity index (χ3n) is 5.79. The zero-order chi connectivity index (χ0) is 23.7. The lowest BCUT2D eigenvalue weighted by Gasteiger charge is -2.29. The SMILES string of the molecule is Cc1cc(C)c(Oc2ccc(C[C@H]3C[C@@H](NC(C)(C)C)[C@H](OS(C)(=O)=O)C3)cc2)c(C)c1. The molecule has 0 unspecified atom stereocenters. The van der Waals surface area contributed by atoms with Crippen LogP contribution in [0.5, 0.6) is 11.5 Å². The molecule has 1 saturated carbocycles. The minimum atomic E-state index is -3.49. The molecule has 2 aromatic rings. The Morgan fingerprint density at radius 1 is 1.00 bits per heavy atom. The first-order valence-corrected chi connectivity index (χ1v) is 13.1. The van der Waals surface area contributed by atoms with Gasteiger partial charge in [0.2, 0.25) is 0 Å². The normalized spacial score (nSPS) is 21.7. The van der Waals surface area contributed by atoms with Crippen LogP contribution >= 0.6 is 0 Å². The lowest BCUT2D eigenvalue weighted by atomic mass is 9.97. The average Bonchev–Trinajstić information content (AvgIpc) is 2.96. The summed E-state index contributed by atoms with van der Waals surface area (Å²) in [5, 5.41) is 3.55. The van der Waals surface area contributed by atoms with Gasteiger partial charge in [-0.1, -0.05) is 29.8 Å². The molecule has 1 N–H and O–H groups in total. The van der Waals surface area contributed by atoms with Crippen molar-refractivity contribution in [1.82, 2.24) is 5.32 Å². The average molecular weight is 460 g/mol. The van der Waals surface area contributed by atoms with E-state index in [0.29, 0.717) is 5.92 Å². The first kappa shape index (κ1) is 24.7. The highest BCUT2D eigenvalue weighted by atomic mass is 32.2. The molecule has 2 aromatic carbocycles. The maximum atomic E-state index is 11.8. The molecule has 1 aliphatic rings. The highest BCUT2D eigenvalue weighted by Gasteiger charge is 2.38. The standard InChI is InChI=1S/C26H37NO4S/c1-17-12-18(2)25(19(3)13-17)30-22-10-8-20(9-11-22)14-21-15-23(27-26(4,5)6)24(16-21)31-32(7,28)29/h8-13,21,23-24,27H,14-16H2,1-7H3/t21-,23+,24+/m0/s1. The summed E-state index contributed by atoms with van der Waals surface area (Å²) >= 11 is 0. The minimum Gasteiger partial charge on any atom is -0.457 e. The molecule has 1 aliphatic carbocycles. The Morgan fingerprint density at radius 2 is 1.59 bits per heavy atom. The van der Waals surface area contributed by atoms with Crippen molar-refractivity contribution < 1.29 is 17.3 Å². The van der Waals surface area contributed by atoms with E-state index in [0.717, 1.165) is 48.1 Å². The fourth-order valence-corrected chi connectivity index (χ4v) is 5.44. The van der Waals surface area contributed by atoms with Gasteiger partial charge < -0.3 is 10.1 Å². The lowest BCUT2D eigenvalue weighted by Crippen LogP contribution is -2.48. The third-order valence-corrected chi connectivity index (χ3v) is 6.39. The van der Waals surface area contributed by atoms with E-state index in [1.165, 1.54) is 11.1 Å². The summed E-state index contributed by atoms with van der Waals surface area (Å²) in [5.74, 6) is 2.09. The van der Waals surface area contributed by atoms with Crippen LogP contribution in [0.2, 0.25) is 0 Å². The fraction of sp³-hybridized carbons (Fsp3) is 0.538. The Hall–Kier alpha value is -1.89. The van der Waals surface area contributed by atoms with E-state index < -0.39 is 10.1 Å². The molecule has 0 bridgehead atoms. The molecule has 0 heterocycles. The van der Waals surface area contributed by atoms with Crippen molar-refractivity contribution in [3.63, 3.8) is 0 Å². The van der Waals surface area contributed by atoms with Crippen LogP contribution in [0.15, 0.2) is 36.4 Å². The Morgan fingerprint density at radius 3 is 2.12 bits per heavy atom. The van der Waals surface area contributed by atoms with Crippen molar-refractivity contribution in [3.8, 4) is 11.5 Å². The second-order valence-corrected chi connectivity index (χ2v) is 12.0. The molecule has 3 rings (SSSR count). The van der Waals surface area contributed by atoms with Gasteiger partial charge >= 0.3 is 0 Å². The van der Waals surface area contributed by atoms with Crippen LogP contribution in [0.3, 0.4) is 0 Å². The number of ether oxygens (including phenoxy) is 1. The first-order valence-electron chi connectivity index (χ1n) is 11.3. The van der Waals surface area contributed by atoms with Crippen molar-refractivity contribution >= 4 is 10.1 Å². The van der Waals surface area contributed by atoms with Gasteiger partial charge in [-0.25, -0.2) is 0 Å². The second-order valence-electron chi connectivity index (χ2n) is 10.4. The molecule has 32 heavy (non-hydrogen) atoms. The predicted molar refractivity (Wildman–Crippen MR) is 130 cm³/mol. The molecule has 6 heteroatoms. The van der Waals surface area contributed by atoms with Crippen LogP contribution in [0.4, 0.5) is 0 Å². The zero-order valence-electron chi connectivity index (χ0n) is 20.4. The minimum absolute atomic E-state index is 0.0184. The molecule has 5 nitrogen and oxygen atoms in total. The summed E-state index contributed by atoms with van der Waals surface area (Å²) in [5.41, 5.74) is 4.61. The van der Waals surface area contributed by atoms with Crippen LogP contribution < -0.4 is 10.1 Å². The summed E-state index contributed by atoms with van der Waals surface area (Å²) in [4.78, 5) is 0. The molecule has 0 aromatic heterocycles. The largest absolute Gasteiger partial charge is 0.457 e. The molecule has 1 fully saturated rings. The second kappa shape index (κ2) is 9.54. The zero-order valence-corrected chi connectivity index (χ0v) is 21.2. The summed E-state index contributed by atoms with van der Waals surface area (Å²) < 4.78 is 35.1. The molecule has 0 aliphatic heterocycles. The van der Waals surface area contributed by atoms with Crippen LogP contribution in [0.1, 0.15) is 55.9 Å². The molecular formula is C26H37NO4S. The molecule has 0 spiro atoms. The van der Waals surface area contributed by atoms with Crippen molar-refractivity contribution in [3.05, 3.63) is 58.7 Å². The third kappa shape index (κ3) is 7.06. The number of hydrogen-bond acceptors (Lipinski definition) is 5. The van der Waals surface area contributed by atoms with E-state index in [2.05, 4.69) is 71.1 Å². The van der Waals surface area contributed by atoms with Crippen molar-refractivity contribution in [2.24, 2.45) is 5.92 Å². The van der Waals surface area contributed by atoms with Crippen molar-refractivity contribution in [1.29, 1.82) is 0 Å². The van der Waals surface area contributed by atoms with Crippen molar-refractivity contribution in [2.75, 3.05) is 6.26 Å². The van der Waals surface area contributed by atoms with Crippen LogP contribution in [-0.2, 0) is 20.7 Å². The Balaban J connectivity index is 1.67. The van der Waals surface area contributed by atoms with Gasteiger partial charge in [0.1, 0.15) is 11.5 Å². The molecule has 0 amide bonds. The van der Waals surface area contributed by atoms with Gasteiger partial charge in [-0.05, 0) is 95.5 Å². The number of benzene rings is 2. The van der Waals surface area contributed by atoms with Crippen molar-refractivity contribution in [2.45, 2.75) is 78.5 Å². The molecule has 176 valence electrons. The van der Waals surface area contributed by atoms with E-state index in [1.54, 1.807) is 0 Å².